The van der Waals surface area contributed by atoms with Crippen LogP contribution in [0.25, 0.3) is 0 Å². The van der Waals surface area contributed by atoms with Crippen LogP contribution < -0.4 is 5.32 Å². The predicted octanol–water partition coefficient (Wildman–Crippen LogP) is 20.2. The van der Waals surface area contributed by atoms with Crippen molar-refractivity contribution in [3.63, 3.8) is 0 Å². The summed E-state index contributed by atoms with van der Waals surface area (Å²) in [5, 5.41) is 54.7. The van der Waals surface area contributed by atoms with Crippen LogP contribution in [0.2, 0.25) is 0 Å². The Hall–Kier alpha value is -1.59. The molecule has 0 saturated carbocycles. The van der Waals surface area contributed by atoms with Gasteiger partial charge in [0.05, 0.1) is 25.4 Å². The van der Waals surface area contributed by atoms with Crippen LogP contribution in [-0.2, 0) is 14.3 Å². The van der Waals surface area contributed by atoms with Gasteiger partial charge in [0.1, 0.15) is 24.4 Å². The third kappa shape index (κ3) is 52.1. The number of carbonyl (C=O) groups is 1. The zero-order valence-corrected chi connectivity index (χ0v) is 55.0. The number of allylic oxidation sites excluding steroid dienone is 5. The van der Waals surface area contributed by atoms with Gasteiger partial charge >= 0.3 is 0 Å². The Bertz CT molecular complexity index is 1410. The van der Waals surface area contributed by atoms with Crippen LogP contribution in [-0.4, -0.2) is 87.5 Å². The van der Waals surface area contributed by atoms with E-state index in [4.69, 9.17) is 9.47 Å². The normalized spacial score (nSPS) is 18.4. The Balaban J connectivity index is 2.02. The number of carbonyl (C=O) groups excluding carboxylic acids is 1. The fourth-order valence-corrected chi connectivity index (χ4v) is 12.0. The molecule has 9 nitrogen and oxygen atoms in total. The molecule has 6 N–H and O–H groups in total. The summed E-state index contributed by atoms with van der Waals surface area (Å²) in [5.74, 6) is -0.169. The molecule has 490 valence electrons. The number of unbranched alkanes of at least 4 members (excludes halogenated alkanes) is 51. The number of nitrogens with one attached hydrogen (secondary N) is 1. The van der Waals surface area contributed by atoms with Crippen molar-refractivity contribution in [2.45, 2.75) is 416 Å². The van der Waals surface area contributed by atoms with E-state index in [1.165, 1.54) is 308 Å². The van der Waals surface area contributed by atoms with Crippen LogP contribution in [0, 0.1) is 0 Å². The van der Waals surface area contributed by atoms with Gasteiger partial charge in [-0.25, -0.2) is 0 Å². The summed E-state index contributed by atoms with van der Waals surface area (Å²) < 4.78 is 11.3. The van der Waals surface area contributed by atoms with Gasteiger partial charge in [-0.15, -0.1) is 0 Å². The lowest BCUT2D eigenvalue weighted by Crippen LogP contribution is -2.60. The zero-order chi connectivity index (χ0) is 60.0. The molecule has 9 heteroatoms. The van der Waals surface area contributed by atoms with Gasteiger partial charge in [0.2, 0.25) is 5.91 Å². The van der Waals surface area contributed by atoms with Crippen molar-refractivity contribution in [3.8, 4) is 0 Å². The van der Waals surface area contributed by atoms with Crippen molar-refractivity contribution < 1.29 is 39.8 Å². The number of amides is 1. The molecule has 0 radical (unpaired) electrons. The highest BCUT2D eigenvalue weighted by molar-refractivity contribution is 5.76. The maximum atomic E-state index is 13.1. The first-order chi connectivity index (χ1) is 40.8. The maximum Gasteiger partial charge on any atom is 0.220 e. The molecule has 1 fully saturated rings. The Morgan fingerprint density at radius 2 is 0.711 bits per heavy atom. The van der Waals surface area contributed by atoms with Crippen LogP contribution in [0.4, 0.5) is 0 Å². The van der Waals surface area contributed by atoms with E-state index in [0.29, 0.717) is 6.42 Å². The second-order valence-electron chi connectivity index (χ2n) is 25.7. The highest BCUT2D eigenvalue weighted by Gasteiger charge is 2.44. The van der Waals surface area contributed by atoms with Gasteiger partial charge in [-0.2, -0.15) is 0 Å². The van der Waals surface area contributed by atoms with Crippen molar-refractivity contribution >= 4 is 5.91 Å². The first kappa shape index (κ1) is 79.4. The minimum atomic E-state index is -1.57. The SMILES string of the molecule is CCCCCCC/C=C\C/C=C\CCCCCCCCCCCCCCCCCCCCCCCCCCCCCCCC(=O)NC(COC1OC(CO)C(O)C(O)C1O)C(O)/C=C/CCCCCCCCCCCCCCCCCCC. The molecule has 0 aromatic rings. The standard InChI is InChI=1S/C74H141NO8/c1-3-5-7-9-11-13-15-17-19-21-23-24-25-26-27-28-29-30-31-32-33-34-35-36-37-38-39-40-41-42-43-44-46-48-50-52-54-56-58-60-62-64-70(78)75-67(66-82-74-73(81)72(80)71(79)69(65-76)83-74)68(77)63-61-59-57-55-53-51-49-47-45-22-20-18-16-14-12-10-8-6-4-2/h15,17,21,23,61,63,67-69,71-74,76-77,79-81H,3-14,16,18-20,22,24-60,62,64-66H2,1-2H3,(H,75,78)/b17-15-,23-21-,63-61+. The summed E-state index contributed by atoms with van der Waals surface area (Å²) in [6, 6.07) is -0.803. The van der Waals surface area contributed by atoms with Crippen LogP contribution in [0.1, 0.15) is 373 Å². The number of hydrogen-bond donors (Lipinski definition) is 6. The number of ether oxygens (including phenoxy) is 2. The van der Waals surface area contributed by atoms with E-state index in [1.54, 1.807) is 6.08 Å². The van der Waals surface area contributed by atoms with Gasteiger partial charge in [-0.05, 0) is 51.4 Å². The smallest absolute Gasteiger partial charge is 0.220 e. The topological polar surface area (TPSA) is 149 Å². The van der Waals surface area contributed by atoms with Gasteiger partial charge in [0.25, 0.3) is 0 Å². The van der Waals surface area contributed by atoms with Crippen LogP contribution in [0.5, 0.6) is 0 Å². The molecule has 1 heterocycles. The van der Waals surface area contributed by atoms with Crippen molar-refractivity contribution in [2.24, 2.45) is 0 Å². The summed E-state index contributed by atoms with van der Waals surface area (Å²) in [6.45, 7) is 3.82. The average molecular weight is 1170 g/mol. The van der Waals surface area contributed by atoms with Crippen molar-refractivity contribution in [1.29, 1.82) is 0 Å². The van der Waals surface area contributed by atoms with Gasteiger partial charge < -0.3 is 40.3 Å². The number of aliphatic hydroxyl groups excluding tert-OH is 5. The zero-order valence-electron chi connectivity index (χ0n) is 55.0. The molecule has 1 aliphatic heterocycles. The molecule has 83 heavy (non-hydrogen) atoms. The quantitative estimate of drug-likeness (QED) is 0.0261. The molecular formula is C74H141NO8. The molecule has 1 saturated heterocycles. The average Bonchev–Trinajstić information content (AvgIpc) is 3.61. The van der Waals surface area contributed by atoms with Crippen molar-refractivity contribution in [3.05, 3.63) is 36.5 Å². The molecule has 0 spiro atoms. The fourth-order valence-electron chi connectivity index (χ4n) is 12.0. The monoisotopic (exact) mass is 1170 g/mol. The minimum absolute atomic E-state index is 0.169. The molecule has 0 aliphatic carbocycles. The maximum absolute atomic E-state index is 13.1. The van der Waals surface area contributed by atoms with Gasteiger partial charge in [0.15, 0.2) is 6.29 Å². The molecular weight excluding hydrogens is 1030 g/mol. The highest BCUT2D eigenvalue weighted by atomic mass is 16.7. The third-order valence-corrected chi connectivity index (χ3v) is 17.7. The lowest BCUT2D eigenvalue weighted by Gasteiger charge is -2.40. The Morgan fingerprint density at radius 1 is 0.410 bits per heavy atom. The fraction of sp³-hybridized carbons (Fsp3) is 0.905. The summed E-state index contributed by atoms with van der Waals surface area (Å²) in [7, 11) is 0. The van der Waals surface area contributed by atoms with E-state index in [9.17, 15) is 30.3 Å². The molecule has 0 aromatic carbocycles. The third-order valence-electron chi connectivity index (χ3n) is 17.7. The van der Waals surface area contributed by atoms with E-state index in [2.05, 4.69) is 43.5 Å². The van der Waals surface area contributed by atoms with Gasteiger partial charge in [0, 0.05) is 6.42 Å². The summed E-state index contributed by atoms with van der Waals surface area (Å²) in [5.41, 5.74) is 0. The largest absolute Gasteiger partial charge is 0.394 e. The molecule has 0 aromatic heterocycles. The van der Waals surface area contributed by atoms with E-state index in [0.717, 1.165) is 44.9 Å². The van der Waals surface area contributed by atoms with Crippen LogP contribution in [0.3, 0.4) is 0 Å². The molecule has 7 unspecified atom stereocenters. The highest BCUT2D eigenvalue weighted by Crippen LogP contribution is 2.24. The first-order valence-corrected chi connectivity index (χ1v) is 36.7. The van der Waals surface area contributed by atoms with Crippen molar-refractivity contribution in [1.82, 2.24) is 5.32 Å². The minimum Gasteiger partial charge on any atom is -0.394 e. The molecule has 1 aliphatic rings. The van der Waals surface area contributed by atoms with E-state index in [1.807, 2.05) is 6.08 Å². The Morgan fingerprint density at radius 3 is 1.04 bits per heavy atom. The van der Waals surface area contributed by atoms with E-state index >= 15 is 0 Å². The molecule has 1 rings (SSSR count). The van der Waals surface area contributed by atoms with Crippen LogP contribution >= 0.6 is 0 Å². The summed E-state index contributed by atoms with van der Waals surface area (Å²) in [4.78, 5) is 13.1. The van der Waals surface area contributed by atoms with Gasteiger partial charge in [-0.1, -0.05) is 352 Å². The lowest BCUT2D eigenvalue weighted by atomic mass is 9.99. The Kier molecular flexibility index (Phi) is 60.7. The predicted molar refractivity (Wildman–Crippen MR) is 355 cm³/mol. The van der Waals surface area contributed by atoms with Crippen molar-refractivity contribution in [2.75, 3.05) is 13.2 Å². The van der Waals surface area contributed by atoms with Crippen LogP contribution in [0.15, 0.2) is 36.5 Å². The van der Waals surface area contributed by atoms with Gasteiger partial charge in [-0.3, -0.25) is 4.79 Å². The first-order valence-electron chi connectivity index (χ1n) is 36.7. The second-order valence-corrected chi connectivity index (χ2v) is 25.7. The summed E-state index contributed by atoms with van der Waals surface area (Å²) >= 11 is 0. The second kappa shape index (κ2) is 63.4. The number of rotatable bonds is 65. The Labute approximate surface area is 514 Å². The van der Waals surface area contributed by atoms with E-state index in [-0.39, 0.29) is 12.5 Å². The number of aliphatic hydroxyl groups is 5. The molecule has 0 bridgehead atoms. The van der Waals surface area contributed by atoms with E-state index < -0.39 is 49.5 Å². The molecule has 7 atom stereocenters. The molecule has 1 amide bonds. The lowest BCUT2D eigenvalue weighted by molar-refractivity contribution is -0.302. The number of hydrogen-bond acceptors (Lipinski definition) is 8. The summed E-state index contributed by atoms with van der Waals surface area (Å²) in [6.07, 6.45) is 78.5.